The van der Waals surface area contributed by atoms with Gasteiger partial charge in [0, 0.05) is 37.6 Å². The van der Waals surface area contributed by atoms with Gasteiger partial charge >= 0.3 is 5.69 Å². The zero-order valence-electron chi connectivity index (χ0n) is 21.7. The lowest BCUT2D eigenvalue weighted by molar-refractivity contribution is 0.578. The first-order valence-electron chi connectivity index (χ1n) is 13.2. The Labute approximate surface area is 225 Å². The number of para-hydroxylation sites is 2. The number of hydrogen-bond acceptors (Lipinski definition) is 5. The largest absolute Gasteiger partial charge is 0.372 e. The fourth-order valence-corrected chi connectivity index (χ4v) is 5.32. The predicted octanol–water partition coefficient (Wildman–Crippen LogP) is 4.57. The summed E-state index contributed by atoms with van der Waals surface area (Å²) in [5.41, 5.74) is 2.07. The molecule has 0 aliphatic carbocycles. The molecule has 39 heavy (non-hydrogen) atoms. The number of pyridine rings is 1. The molecule has 1 aliphatic rings. The number of nitrogens with one attached hydrogen (secondary N) is 1. The number of rotatable bonds is 5. The molecular weight excluding hydrogens is 490 g/mol. The molecule has 1 fully saturated rings. The number of aryl methyl sites for hydroxylation is 1. The standard InChI is InChI=1S/C31H29N5O3/c1-33-27(37)21-26(32-22-15-17-23(18-16-22)34-19-9-4-10-20-34)28-29(33)35(24-11-5-2-6-12-24)31(39)36(30(28)38)25-13-7-3-8-14-25/h2-3,5-8,11-18,21,32H,4,9-10,19-20H2,1H3. The van der Waals surface area contributed by atoms with Crippen molar-refractivity contribution in [3.63, 3.8) is 0 Å². The van der Waals surface area contributed by atoms with Crippen LogP contribution in [0, 0.1) is 0 Å². The van der Waals surface area contributed by atoms with E-state index in [1.54, 1.807) is 43.4 Å². The highest BCUT2D eigenvalue weighted by atomic mass is 16.2. The lowest BCUT2D eigenvalue weighted by Gasteiger charge is -2.29. The van der Waals surface area contributed by atoms with Crippen LogP contribution in [0.3, 0.4) is 0 Å². The smallest absolute Gasteiger partial charge is 0.341 e. The van der Waals surface area contributed by atoms with E-state index in [1.165, 1.54) is 34.5 Å². The zero-order chi connectivity index (χ0) is 26.9. The topological polar surface area (TPSA) is 81.3 Å². The lowest BCUT2D eigenvalue weighted by Crippen LogP contribution is -2.40. The van der Waals surface area contributed by atoms with E-state index in [0.29, 0.717) is 17.1 Å². The number of hydrogen-bond donors (Lipinski definition) is 1. The molecule has 6 rings (SSSR count). The third kappa shape index (κ3) is 4.44. The van der Waals surface area contributed by atoms with Crippen LogP contribution in [0.15, 0.2) is 105 Å². The number of nitrogens with zero attached hydrogens (tertiary/aromatic N) is 4. The molecule has 0 saturated carbocycles. The molecule has 0 radical (unpaired) electrons. The molecule has 0 atom stereocenters. The van der Waals surface area contributed by atoms with Gasteiger partial charge in [-0.1, -0.05) is 36.4 Å². The zero-order valence-corrected chi connectivity index (χ0v) is 21.7. The highest BCUT2D eigenvalue weighted by Gasteiger charge is 2.22. The maximum Gasteiger partial charge on any atom is 0.341 e. The van der Waals surface area contributed by atoms with Gasteiger partial charge in [-0.2, -0.15) is 0 Å². The summed E-state index contributed by atoms with van der Waals surface area (Å²) in [7, 11) is 1.58. The second-order valence-corrected chi connectivity index (χ2v) is 9.80. The highest BCUT2D eigenvalue weighted by Crippen LogP contribution is 2.26. The Bertz CT molecular complexity index is 1820. The molecular formula is C31H29N5O3. The quantitative estimate of drug-likeness (QED) is 0.368. The van der Waals surface area contributed by atoms with E-state index in [1.807, 2.05) is 36.4 Å². The second-order valence-electron chi connectivity index (χ2n) is 9.80. The van der Waals surface area contributed by atoms with Crippen molar-refractivity contribution in [3.05, 3.63) is 122 Å². The van der Waals surface area contributed by atoms with Gasteiger partial charge < -0.3 is 10.2 Å². The first kappa shape index (κ1) is 24.5. The van der Waals surface area contributed by atoms with Gasteiger partial charge in [-0.05, 0) is 67.8 Å². The van der Waals surface area contributed by atoms with Crippen molar-refractivity contribution < 1.29 is 0 Å². The molecule has 8 nitrogen and oxygen atoms in total. The van der Waals surface area contributed by atoms with Crippen molar-refractivity contribution in [2.45, 2.75) is 19.3 Å². The summed E-state index contributed by atoms with van der Waals surface area (Å²) >= 11 is 0. The molecule has 196 valence electrons. The molecule has 1 saturated heterocycles. The Morgan fingerprint density at radius 2 is 1.26 bits per heavy atom. The maximum atomic E-state index is 14.1. The van der Waals surface area contributed by atoms with Crippen molar-refractivity contribution in [1.82, 2.24) is 13.7 Å². The molecule has 1 N–H and O–H groups in total. The van der Waals surface area contributed by atoms with Crippen molar-refractivity contribution in [3.8, 4) is 11.4 Å². The van der Waals surface area contributed by atoms with Gasteiger partial charge in [0.05, 0.1) is 17.1 Å². The average molecular weight is 520 g/mol. The van der Waals surface area contributed by atoms with Gasteiger partial charge in [-0.3, -0.25) is 14.2 Å². The summed E-state index contributed by atoms with van der Waals surface area (Å²) in [4.78, 5) is 43.5. The molecule has 8 heteroatoms. The molecule has 5 aromatic rings. The SMILES string of the molecule is Cn1c(=O)cc(Nc2ccc(N3CCCCC3)cc2)c2c(=O)n(-c3ccccc3)c(=O)n(-c3ccccc3)c21. The number of anilines is 3. The third-order valence-electron chi connectivity index (χ3n) is 7.32. The molecule has 0 bridgehead atoms. The van der Waals surface area contributed by atoms with Gasteiger partial charge in [0.25, 0.3) is 11.1 Å². The maximum absolute atomic E-state index is 14.1. The summed E-state index contributed by atoms with van der Waals surface area (Å²) in [6.07, 6.45) is 3.65. The highest BCUT2D eigenvalue weighted by molar-refractivity contribution is 5.91. The minimum Gasteiger partial charge on any atom is -0.372 e. The normalized spacial score (nSPS) is 13.5. The Kier molecular flexibility index (Phi) is 6.36. The minimum atomic E-state index is -0.553. The Hall–Kier alpha value is -4.85. The van der Waals surface area contributed by atoms with Crippen molar-refractivity contribution in [1.29, 1.82) is 0 Å². The number of aromatic nitrogens is 3. The third-order valence-corrected chi connectivity index (χ3v) is 7.32. The van der Waals surface area contributed by atoms with Crippen LogP contribution in [0.1, 0.15) is 19.3 Å². The van der Waals surface area contributed by atoms with Gasteiger partial charge in [0.15, 0.2) is 0 Å². The first-order chi connectivity index (χ1) is 19.0. The van der Waals surface area contributed by atoms with Crippen LogP contribution in [0.25, 0.3) is 22.4 Å². The average Bonchev–Trinajstić information content (AvgIpc) is 2.97. The van der Waals surface area contributed by atoms with Crippen LogP contribution in [0.5, 0.6) is 0 Å². The number of fused-ring (bicyclic) bond motifs is 1. The Morgan fingerprint density at radius 1 is 0.667 bits per heavy atom. The number of benzene rings is 3. The lowest BCUT2D eigenvalue weighted by atomic mass is 10.1. The predicted molar refractivity (Wildman–Crippen MR) is 156 cm³/mol. The summed E-state index contributed by atoms with van der Waals surface area (Å²) < 4.78 is 3.94. The van der Waals surface area contributed by atoms with E-state index < -0.39 is 11.2 Å². The van der Waals surface area contributed by atoms with Crippen LogP contribution in [0.2, 0.25) is 0 Å². The van der Waals surface area contributed by atoms with Crippen LogP contribution in [0.4, 0.5) is 17.1 Å². The van der Waals surface area contributed by atoms with Crippen LogP contribution >= 0.6 is 0 Å². The van der Waals surface area contributed by atoms with E-state index in [4.69, 9.17) is 0 Å². The Morgan fingerprint density at radius 3 is 1.87 bits per heavy atom. The molecule has 1 aliphatic heterocycles. The Balaban J connectivity index is 1.58. The fraction of sp³-hybridized carbons (Fsp3) is 0.194. The molecule has 0 spiro atoms. The van der Waals surface area contributed by atoms with E-state index in [9.17, 15) is 14.4 Å². The fourth-order valence-electron chi connectivity index (χ4n) is 5.32. The van der Waals surface area contributed by atoms with Gasteiger partial charge in [0.2, 0.25) is 0 Å². The van der Waals surface area contributed by atoms with Crippen molar-refractivity contribution >= 4 is 28.1 Å². The second kappa shape index (κ2) is 10.1. The molecule has 0 amide bonds. The van der Waals surface area contributed by atoms with Crippen LogP contribution < -0.4 is 27.0 Å². The monoisotopic (exact) mass is 519 g/mol. The summed E-state index contributed by atoms with van der Waals surface area (Å²) in [6, 6.07) is 27.3. The minimum absolute atomic E-state index is 0.225. The van der Waals surface area contributed by atoms with E-state index in [0.717, 1.165) is 29.0 Å². The van der Waals surface area contributed by atoms with Gasteiger partial charge in [-0.15, -0.1) is 0 Å². The van der Waals surface area contributed by atoms with Crippen LogP contribution in [-0.4, -0.2) is 26.8 Å². The molecule has 3 heterocycles. The van der Waals surface area contributed by atoms with Gasteiger partial charge in [-0.25, -0.2) is 13.9 Å². The molecule has 2 aromatic heterocycles. The summed E-state index contributed by atoms with van der Waals surface area (Å²) in [5.74, 6) is 0. The van der Waals surface area contributed by atoms with Gasteiger partial charge in [0.1, 0.15) is 11.0 Å². The number of piperidine rings is 1. The van der Waals surface area contributed by atoms with Crippen molar-refractivity contribution in [2.24, 2.45) is 7.05 Å². The summed E-state index contributed by atoms with van der Waals surface area (Å²) in [6.45, 7) is 2.09. The van der Waals surface area contributed by atoms with E-state index in [-0.39, 0.29) is 16.6 Å². The molecule has 3 aromatic carbocycles. The van der Waals surface area contributed by atoms with Crippen LogP contribution in [-0.2, 0) is 7.05 Å². The van der Waals surface area contributed by atoms with E-state index >= 15 is 0 Å². The van der Waals surface area contributed by atoms with E-state index in [2.05, 4.69) is 22.3 Å². The first-order valence-corrected chi connectivity index (χ1v) is 13.2. The molecule has 0 unspecified atom stereocenters. The van der Waals surface area contributed by atoms with Crippen molar-refractivity contribution in [2.75, 3.05) is 23.3 Å². The summed E-state index contributed by atoms with van der Waals surface area (Å²) in [5, 5.41) is 3.54.